The number of halogens is 3. The van der Waals surface area contributed by atoms with Crippen LogP contribution in [0.15, 0.2) is 53.7 Å². The number of nitrogens with zero attached hydrogens (tertiary/aromatic N) is 4. The maximum Gasteiger partial charge on any atom is 0.416 e. The second-order valence-corrected chi connectivity index (χ2v) is 10.1. The van der Waals surface area contributed by atoms with E-state index in [1.165, 1.54) is 22.4 Å². The Morgan fingerprint density at radius 2 is 1.92 bits per heavy atom. The van der Waals surface area contributed by atoms with Crippen LogP contribution in [0.2, 0.25) is 0 Å². The Bertz CT molecular complexity index is 1320. The number of ether oxygens (including phenoxy) is 1. The predicted molar refractivity (Wildman–Crippen MR) is 135 cm³/mol. The minimum absolute atomic E-state index is 0.0183. The van der Waals surface area contributed by atoms with Crippen molar-refractivity contribution in [2.45, 2.75) is 49.7 Å². The highest BCUT2D eigenvalue weighted by molar-refractivity contribution is 7.99. The van der Waals surface area contributed by atoms with Crippen LogP contribution in [0.4, 0.5) is 18.9 Å². The van der Waals surface area contributed by atoms with Gasteiger partial charge in [0.25, 0.3) is 5.91 Å². The van der Waals surface area contributed by atoms with Crippen LogP contribution in [0, 0.1) is 0 Å². The van der Waals surface area contributed by atoms with E-state index in [2.05, 4.69) is 15.5 Å². The normalized spacial score (nSPS) is 17.8. The molecule has 8 nitrogen and oxygen atoms in total. The second kappa shape index (κ2) is 11.2. The Balaban J connectivity index is 1.37. The predicted octanol–water partition coefficient (Wildman–Crippen LogP) is 4.61. The first kappa shape index (κ1) is 26.2. The monoisotopic (exact) mass is 545 g/mol. The fourth-order valence-electron chi connectivity index (χ4n) is 4.53. The van der Waals surface area contributed by atoms with Gasteiger partial charge in [-0.1, -0.05) is 23.9 Å². The molecule has 0 saturated carbocycles. The standard InChI is InChI=1S/C26H26F3N5O3S/c27-26(28,29)18-6-2-8-20(14-18)34-22(31-32-25(34)38-16-21-9-4-12-37-21)15-30-24(36)17-5-1-7-19(13-17)33-11-3-10-23(33)35/h1-2,5-8,13-14,21H,3-4,9-12,15-16H2,(H,30,36). The van der Waals surface area contributed by atoms with Gasteiger partial charge in [0.2, 0.25) is 5.91 Å². The third-order valence-corrected chi connectivity index (χ3v) is 7.52. The summed E-state index contributed by atoms with van der Waals surface area (Å²) in [5.41, 5.74) is 0.473. The van der Waals surface area contributed by atoms with Gasteiger partial charge in [-0.25, -0.2) is 0 Å². The van der Waals surface area contributed by atoms with Crippen LogP contribution >= 0.6 is 11.8 Å². The Morgan fingerprint density at radius 1 is 1.11 bits per heavy atom. The lowest BCUT2D eigenvalue weighted by Gasteiger charge is -2.16. The van der Waals surface area contributed by atoms with Gasteiger partial charge in [-0.05, 0) is 55.7 Å². The van der Waals surface area contributed by atoms with Crippen molar-refractivity contribution in [2.24, 2.45) is 0 Å². The van der Waals surface area contributed by atoms with Crippen molar-refractivity contribution in [1.29, 1.82) is 0 Å². The molecular formula is C26H26F3N5O3S. The average Bonchev–Trinajstić information content (AvgIpc) is 3.67. The lowest BCUT2D eigenvalue weighted by molar-refractivity contribution is -0.137. The van der Waals surface area contributed by atoms with E-state index in [9.17, 15) is 22.8 Å². The minimum atomic E-state index is -4.51. The van der Waals surface area contributed by atoms with Crippen molar-refractivity contribution in [1.82, 2.24) is 20.1 Å². The lowest BCUT2D eigenvalue weighted by Crippen LogP contribution is -2.26. The van der Waals surface area contributed by atoms with Gasteiger partial charge >= 0.3 is 6.18 Å². The average molecular weight is 546 g/mol. The van der Waals surface area contributed by atoms with Crippen molar-refractivity contribution in [3.8, 4) is 5.69 Å². The molecule has 2 fully saturated rings. The summed E-state index contributed by atoms with van der Waals surface area (Å²) in [7, 11) is 0. The lowest BCUT2D eigenvalue weighted by atomic mass is 10.1. The maximum atomic E-state index is 13.4. The van der Waals surface area contributed by atoms with E-state index in [-0.39, 0.29) is 24.2 Å². The molecule has 2 saturated heterocycles. The summed E-state index contributed by atoms with van der Waals surface area (Å²) < 4.78 is 47.5. The number of hydrogen-bond acceptors (Lipinski definition) is 6. The molecule has 3 aromatic rings. The topological polar surface area (TPSA) is 89.3 Å². The summed E-state index contributed by atoms with van der Waals surface area (Å²) in [5.74, 6) is 0.500. The molecule has 2 aromatic carbocycles. The number of alkyl halides is 3. The molecule has 12 heteroatoms. The van der Waals surface area contributed by atoms with Crippen LogP contribution in [-0.4, -0.2) is 51.6 Å². The number of hydrogen-bond donors (Lipinski definition) is 1. The number of anilines is 1. The minimum Gasteiger partial charge on any atom is -0.377 e. The first-order chi connectivity index (χ1) is 18.3. The van der Waals surface area contributed by atoms with E-state index in [0.29, 0.717) is 47.6 Å². The number of carbonyl (C=O) groups is 2. The number of thioether (sulfide) groups is 1. The second-order valence-electron chi connectivity index (χ2n) is 9.11. The molecule has 0 aliphatic carbocycles. The van der Waals surface area contributed by atoms with Gasteiger partial charge in [-0.15, -0.1) is 10.2 Å². The molecular weight excluding hydrogens is 519 g/mol. The number of rotatable bonds is 8. The number of amides is 2. The molecule has 1 aromatic heterocycles. The molecule has 2 amide bonds. The summed E-state index contributed by atoms with van der Waals surface area (Å²) in [6, 6.07) is 11.7. The third-order valence-electron chi connectivity index (χ3n) is 6.45. The zero-order chi connectivity index (χ0) is 26.7. The molecule has 38 heavy (non-hydrogen) atoms. The van der Waals surface area contributed by atoms with Gasteiger partial charge in [0.1, 0.15) is 0 Å². The van der Waals surface area contributed by atoms with Crippen LogP contribution in [0.1, 0.15) is 47.4 Å². The highest BCUT2D eigenvalue weighted by Crippen LogP contribution is 2.32. The van der Waals surface area contributed by atoms with Crippen LogP contribution in [0.3, 0.4) is 0 Å². The smallest absolute Gasteiger partial charge is 0.377 e. The highest BCUT2D eigenvalue weighted by Gasteiger charge is 2.31. The summed E-state index contributed by atoms with van der Waals surface area (Å²) in [6.07, 6.45) is -1.33. The number of benzene rings is 2. The molecule has 5 rings (SSSR count). The van der Waals surface area contributed by atoms with E-state index >= 15 is 0 Å². The van der Waals surface area contributed by atoms with Crippen LogP contribution in [-0.2, 0) is 22.3 Å². The molecule has 1 unspecified atom stereocenters. The van der Waals surface area contributed by atoms with Gasteiger partial charge in [0.05, 0.1) is 23.9 Å². The molecule has 1 N–H and O–H groups in total. The Hall–Kier alpha value is -3.38. The number of carbonyl (C=O) groups excluding carboxylic acids is 2. The van der Waals surface area contributed by atoms with E-state index in [1.54, 1.807) is 35.2 Å². The highest BCUT2D eigenvalue weighted by atomic mass is 32.2. The van der Waals surface area contributed by atoms with E-state index in [1.807, 2.05) is 0 Å². The molecule has 200 valence electrons. The molecule has 2 aliphatic heterocycles. The molecule has 3 heterocycles. The van der Waals surface area contributed by atoms with Gasteiger partial charge in [0.15, 0.2) is 11.0 Å². The summed E-state index contributed by atoms with van der Waals surface area (Å²) in [4.78, 5) is 26.7. The number of nitrogens with one attached hydrogen (secondary N) is 1. The van der Waals surface area contributed by atoms with Crippen molar-refractivity contribution in [2.75, 3.05) is 23.8 Å². The molecule has 2 aliphatic rings. The molecule has 0 radical (unpaired) electrons. The van der Waals surface area contributed by atoms with E-state index < -0.39 is 17.6 Å². The zero-order valence-corrected chi connectivity index (χ0v) is 21.2. The van der Waals surface area contributed by atoms with Crippen LogP contribution < -0.4 is 10.2 Å². The zero-order valence-electron chi connectivity index (χ0n) is 20.4. The SMILES string of the molecule is O=C(NCc1nnc(SCC2CCCO2)n1-c1cccc(C(F)(F)F)c1)c1cccc(N2CCCC2=O)c1. The van der Waals surface area contributed by atoms with Gasteiger partial charge in [-0.3, -0.25) is 14.2 Å². The van der Waals surface area contributed by atoms with Crippen LogP contribution in [0.5, 0.6) is 0 Å². The maximum absolute atomic E-state index is 13.4. The largest absolute Gasteiger partial charge is 0.416 e. The summed E-state index contributed by atoms with van der Waals surface area (Å²) in [6.45, 7) is 1.24. The van der Waals surface area contributed by atoms with E-state index in [0.717, 1.165) is 31.4 Å². The van der Waals surface area contributed by atoms with Crippen molar-refractivity contribution < 1.29 is 27.5 Å². The summed E-state index contributed by atoms with van der Waals surface area (Å²) in [5, 5.41) is 11.6. The van der Waals surface area contributed by atoms with Gasteiger partial charge in [0, 0.05) is 36.6 Å². The first-order valence-corrected chi connectivity index (χ1v) is 13.3. The van der Waals surface area contributed by atoms with Crippen molar-refractivity contribution in [3.63, 3.8) is 0 Å². The molecule has 1 atom stereocenters. The fourth-order valence-corrected chi connectivity index (χ4v) is 5.57. The Morgan fingerprint density at radius 3 is 2.66 bits per heavy atom. The van der Waals surface area contributed by atoms with Crippen molar-refractivity contribution in [3.05, 3.63) is 65.5 Å². The van der Waals surface area contributed by atoms with Gasteiger partial charge in [-0.2, -0.15) is 13.2 Å². The quantitative estimate of drug-likeness (QED) is 0.416. The Labute approximate surface area is 221 Å². The Kier molecular flexibility index (Phi) is 7.70. The van der Waals surface area contributed by atoms with Crippen LogP contribution in [0.25, 0.3) is 5.69 Å². The summed E-state index contributed by atoms with van der Waals surface area (Å²) >= 11 is 1.35. The molecule has 0 bridgehead atoms. The first-order valence-electron chi connectivity index (χ1n) is 12.3. The van der Waals surface area contributed by atoms with Gasteiger partial charge < -0.3 is 15.0 Å². The fraction of sp³-hybridized carbons (Fsp3) is 0.385. The van der Waals surface area contributed by atoms with E-state index in [4.69, 9.17) is 4.74 Å². The van der Waals surface area contributed by atoms with Crippen molar-refractivity contribution >= 4 is 29.3 Å². The number of aromatic nitrogens is 3. The third kappa shape index (κ3) is 5.86. The molecule has 0 spiro atoms.